The molecule has 19 heavy (non-hydrogen) atoms. The van der Waals surface area contributed by atoms with E-state index in [0.29, 0.717) is 11.5 Å². The smallest absolute Gasteiger partial charge is 0.161 e. The van der Waals surface area contributed by atoms with Crippen molar-refractivity contribution in [3.05, 3.63) is 29.6 Å². The fourth-order valence-electron chi connectivity index (χ4n) is 2.54. The SMILES string of the molecule is CC(=O)c1cc(F)ccc1N(C)CC1CCOCC1. The molecule has 104 valence electrons. The van der Waals surface area contributed by atoms with Gasteiger partial charge in [-0.1, -0.05) is 0 Å². The van der Waals surface area contributed by atoms with Gasteiger partial charge >= 0.3 is 0 Å². The molecule has 0 aromatic heterocycles. The molecule has 0 bridgehead atoms. The Balaban J connectivity index is 2.13. The van der Waals surface area contributed by atoms with Gasteiger partial charge in [-0.2, -0.15) is 0 Å². The first kappa shape index (κ1) is 14.0. The van der Waals surface area contributed by atoms with E-state index in [-0.39, 0.29) is 11.6 Å². The molecular formula is C15H20FNO2. The number of halogens is 1. The molecule has 2 rings (SSSR count). The summed E-state index contributed by atoms with van der Waals surface area (Å²) in [4.78, 5) is 13.6. The van der Waals surface area contributed by atoms with E-state index in [9.17, 15) is 9.18 Å². The van der Waals surface area contributed by atoms with E-state index in [0.717, 1.165) is 38.3 Å². The fraction of sp³-hybridized carbons (Fsp3) is 0.533. The molecule has 1 aliphatic heterocycles. The zero-order valence-electron chi connectivity index (χ0n) is 11.5. The standard InChI is InChI=1S/C15H20FNO2/c1-11(18)14-9-13(16)3-4-15(14)17(2)10-12-5-7-19-8-6-12/h3-4,9,12H,5-8,10H2,1-2H3. The summed E-state index contributed by atoms with van der Waals surface area (Å²) < 4.78 is 18.6. The number of hydrogen-bond acceptors (Lipinski definition) is 3. The first-order valence-electron chi connectivity index (χ1n) is 6.67. The molecule has 0 spiro atoms. The Labute approximate surface area is 113 Å². The van der Waals surface area contributed by atoms with Crippen LogP contribution in [0.15, 0.2) is 18.2 Å². The molecule has 1 aliphatic rings. The average molecular weight is 265 g/mol. The van der Waals surface area contributed by atoms with Crippen molar-refractivity contribution in [3.63, 3.8) is 0 Å². The number of nitrogens with zero attached hydrogens (tertiary/aromatic N) is 1. The Morgan fingerprint density at radius 2 is 2.11 bits per heavy atom. The van der Waals surface area contributed by atoms with Crippen LogP contribution < -0.4 is 4.90 Å². The van der Waals surface area contributed by atoms with Gasteiger partial charge in [0.25, 0.3) is 0 Å². The van der Waals surface area contributed by atoms with Crippen LogP contribution in [0.1, 0.15) is 30.1 Å². The van der Waals surface area contributed by atoms with Crippen LogP contribution in [0.5, 0.6) is 0 Å². The van der Waals surface area contributed by atoms with E-state index >= 15 is 0 Å². The highest BCUT2D eigenvalue weighted by Crippen LogP contribution is 2.24. The van der Waals surface area contributed by atoms with Crippen molar-refractivity contribution < 1.29 is 13.9 Å². The number of carbonyl (C=O) groups is 1. The highest BCUT2D eigenvalue weighted by molar-refractivity contribution is 5.99. The Morgan fingerprint density at radius 1 is 1.42 bits per heavy atom. The summed E-state index contributed by atoms with van der Waals surface area (Å²) in [6.45, 7) is 3.96. The van der Waals surface area contributed by atoms with Crippen molar-refractivity contribution in [1.82, 2.24) is 0 Å². The van der Waals surface area contributed by atoms with E-state index in [1.165, 1.54) is 19.1 Å². The van der Waals surface area contributed by atoms with Crippen LogP contribution in [-0.4, -0.2) is 32.6 Å². The van der Waals surface area contributed by atoms with Gasteiger partial charge in [-0.25, -0.2) is 4.39 Å². The summed E-state index contributed by atoms with van der Waals surface area (Å²) >= 11 is 0. The summed E-state index contributed by atoms with van der Waals surface area (Å²) in [5.74, 6) is 0.102. The molecule has 0 atom stereocenters. The number of ether oxygens (including phenoxy) is 1. The highest BCUT2D eigenvalue weighted by atomic mass is 19.1. The van der Waals surface area contributed by atoms with Crippen molar-refractivity contribution in [2.45, 2.75) is 19.8 Å². The molecule has 0 N–H and O–H groups in total. The largest absolute Gasteiger partial charge is 0.381 e. The molecular weight excluding hydrogens is 245 g/mol. The van der Waals surface area contributed by atoms with Gasteiger partial charge < -0.3 is 9.64 Å². The van der Waals surface area contributed by atoms with Crippen LogP contribution in [0.3, 0.4) is 0 Å². The van der Waals surface area contributed by atoms with E-state index in [1.54, 1.807) is 6.07 Å². The lowest BCUT2D eigenvalue weighted by atomic mass is 9.99. The Bertz CT molecular complexity index is 455. The summed E-state index contributed by atoms with van der Waals surface area (Å²) in [5.41, 5.74) is 1.26. The molecule has 0 unspecified atom stereocenters. The molecule has 1 aromatic carbocycles. The first-order valence-corrected chi connectivity index (χ1v) is 6.67. The predicted octanol–water partition coefficient (Wildman–Crippen LogP) is 2.89. The van der Waals surface area contributed by atoms with Crippen molar-refractivity contribution in [1.29, 1.82) is 0 Å². The fourth-order valence-corrected chi connectivity index (χ4v) is 2.54. The number of hydrogen-bond donors (Lipinski definition) is 0. The van der Waals surface area contributed by atoms with Crippen molar-refractivity contribution in [3.8, 4) is 0 Å². The third kappa shape index (κ3) is 3.53. The monoisotopic (exact) mass is 265 g/mol. The predicted molar refractivity (Wildman–Crippen MR) is 73.2 cm³/mol. The van der Waals surface area contributed by atoms with E-state index in [1.807, 2.05) is 11.9 Å². The number of carbonyl (C=O) groups excluding carboxylic acids is 1. The zero-order valence-corrected chi connectivity index (χ0v) is 11.5. The Morgan fingerprint density at radius 3 is 2.74 bits per heavy atom. The summed E-state index contributed by atoms with van der Waals surface area (Å²) in [6, 6.07) is 4.41. The number of Topliss-reactive ketones (excluding diaryl/α,β-unsaturated/α-hetero) is 1. The van der Waals surface area contributed by atoms with E-state index < -0.39 is 0 Å². The van der Waals surface area contributed by atoms with Crippen LogP contribution in [0, 0.1) is 11.7 Å². The second-order valence-electron chi connectivity index (χ2n) is 5.15. The van der Waals surface area contributed by atoms with Crippen molar-refractivity contribution in [2.75, 3.05) is 31.7 Å². The van der Waals surface area contributed by atoms with Crippen LogP contribution in [0.25, 0.3) is 0 Å². The van der Waals surface area contributed by atoms with Crippen LogP contribution in [0.4, 0.5) is 10.1 Å². The third-order valence-corrected chi connectivity index (χ3v) is 3.62. The van der Waals surface area contributed by atoms with Gasteiger partial charge in [0.15, 0.2) is 5.78 Å². The molecule has 1 fully saturated rings. The molecule has 4 heteroatoms. The maximum absolute atomic E-state index is 13.2. The second-order valence-corrected chi connectivity index (χ2v) is 5.15. The Kier molecular flexibility index (Phi) is 4.53. The van der Waals surface area contributed by atoms with Gasteiger partial charge in [0.05, 0.1) is 0 Å². The van der Waals surface area contributed by atoms with Crippen LogP contribution in [-0.2, 0) is 4.74 Å². The molecule has 1 heterocycles. The van der Waals surface area contributed by atoms with Gasteiger partial charge in [-0.3, -0.25) is 4.79 Å². The summed E-state index contributed by atoms with van der Waals surface area (Å²) in [5, 5.41) is 0. The minimum atomic E-state index is -0.367. The van der Waals surface area contributed by atoms with E-state index in [4.69, 9.17) is 4.74 Å². The highest BCUT2D eigenvalue weighted by Gasteiger charge is 2.18. The minimum Gasteiger partial charge on any atom is -0.381 e. The molecule has 0 saturated carbocycles. The molecule has 0 radical (unpaired) electrons. The van der Waals surface area contributed by atoms with Crippen LogP contribution in [0.2, 0.25) is 0 Å². The van der Waals surface area contributed by atoms with Crippen molar-refractivity contribution >= 4 is 11.5 Å². The normalized spacial score (nSPS) is 16.4. The number of ketones is 1. The lowest BCUT2D eigenvalue weighted by molar-refractivity contribution is 0.0685. The molecule has 3 nitrogen and oxygen atoms in total. The van der Waals surface area contributed by atoms with Crippen molar-refractivity contribution in [2.24, 2.45) is 5.92 Å². The topological polar surface area (TPSA) is 29.5 Å². The maximum atomic E-state index is 13.2. The number of anilines is 1. The lowest BCUT2D eigenvalue weighted by Crippen LogP contribution is -2.30. The van der Waals surface area contributed by atoms with Gasteiger partial charge in [0.1, 0.15) is 5.82 Å². The van der Waals surface area contributed by atoms with Crippen LogP contribution >= 0.6 is 0 Å². The number of rotatable bonds is 4. The van der Waals surface area contributed by atoms with Gasteiger partial charge in [-0.05, 0) is 43.9 Å². The number of benzene rings is 1. The first-order chi connectivity index (χ1) is 9.08. The van der Waals surface area contributed by atoms with Gasteiger partial charge in [0, 0.05) is 38.1 Å². The third-order valence-electron chi connectivity index (χ3n) is 3.62. The second kappa shape index (κ2) is 6.15. The minimum absolute atomic E-state index is 0.103. The molecule has 0 aliphatic carbocycles. The van der Waals surface area contributed by atoms with Gasteiger partial charge in [-0.15, -0.1) is 0 Å². The van der Waals surface area contributed by atoms with Gasteiger partial charge in [0.2, 0.25) is 0 Å². The maximum Gasteiger partial charge on any atom is 0.161 e. The molecule has 1 saturated heterocycles. The zero-order chi connectivity index (χ0) is 13.8. The quantitative estimate of drug-likeness (QED) is 0.784. The summed E-state index contributed by atoms with van der Waals surface area (Å²) in [6.07, 6.45) is 2.09. The Hall–Kier alpha value is -1.42. The lowest BCUT2D eigenvalue weighted by Gasteiger charge is -2.29. The summed E-state index contributed by atoms with van der Waals surface area (Å²) in [7, 11) is 1.95. The van der Waals surface area contributed by atoms with E-state index in [2.05, 4.69) is 0 Å². The molecule has 0 amide bonds. The average Bonchev–Trinajstić information content (AvgIpc) is 2.39. The molecule has 1 aromatic rings.